The summed E-state index contributed by atoms with van der Waals surface area (Å²) < 4.78 is 51.8. The molecular formula is C24H21F3N6O2. The molecule has 8 nitrogen and oxygen atoms in total. The van der Waals surface area contributed by atoms with Gasteiger partial charge in [-0.3, -0.25) is 4.90 Å². The maximum atomic E-state index is 14.7. The first-order valence-corrected chi connectivity index (χ1v) is 11.3. The number of hydrogen-bond acceptors (Lipinski definition) is 7. The third-order valence-corrected chi connectivity index (χ3v) is 6.48. The van der Waals surface area contributed by atoms with Gasteiger partial charge in [0.1, 0.15) is 11.5 Å². The van der Waals surface area contributed by atoms with Crippen LogP contribution >= 0.6 is 0 Å². The molecule has 0 N–H and O–H groups in total. The monoisotopic (exact) mass is 482 g/mol. The summed E-state index contributed by atoms with van der Waals surface area (Å²) in [5.74, 6) is -1.50. The Morgan fingerprint density at radius 3 is 2.60 bits per heavy atom. The Balaban J connectivity index is 1.17. The molecule has 0 radical (unpaired) electrons. The molecule has 0 unspecified atom stereocenters. The van der Waals surface area contributed by atoms with Crippen molar-refractivity contribution in [3.05, 3.63) is 71.0 Å². The lowest BCUT2D eigenvalue weighted by molar-refractivity contribution is -0.0694. The molecule has 0 amide bonds. The normalized spacial score (nSPS) is 16.5. The fourth-order valence-electron chi connectivity index (χ4n) is 4.41. The molecule has 11 heteroatoms. The summed E-state index contributed by atoms with van der Waals surface area (Å²) in [5, 5.41) is 15.3. The first-order chi connectivity index (χ1) is 17.0. The van der Waals surface area contributed by atoms with E-state index in [4.69, 9.17) is 9.15 Å². The van der Waals surface area contributed by atoms with Gasteiger partial charge in [0.25, 0.3) is 5.89 Å². The lowest BCUT2D eigenvalue weighted by Gasteiger charge is -2.40. The molecule has 6 rings (SSSR count). The average Bonchev–Trinajstić information content (AvgIpc) is 3.49. The van der Waals surface area contributed by atoms with Crippen LogP contribution in [0.25, 0.3) is 22.7 Å². The molecule has 0 saturated carbocycles. The van der Waals surface area contributed by atoms with Crippen LogP contribution in [0.1, 0.15) is 29.0 Å². The molecule has 1 fully saturated rings. The van der Waals surface area contributed by atoms with Crippen LogP contribution in [0.2, 0.25) is 0 Å². The fraction of sp³-hybridized carbons (Fsp3) is 0.333. The molecule has 4 aromatic rings. The molecule has 2 aliphatic heterocycles. The van der Waals surface area contributed by atoms with E-state index in [1.165, 1.54) is 23.3 Å². The van der Waals surface area contributed by atoms with E-state index in [1.807, 2.05) is 6.07 Å². The molecule has 2 aromatic carbocycles. The van der Waals surface area contributed by atoms with E-state index < -0.39 is 18.1 Å². The van der Waals surface area contributed by atoms with E-state index in [9.17, 15) is 13.2 Å². The number of hydrogen-bond donors (Lipinski definition) is 0. The summed E-state index contributed by atoms with van der Waals surface area (Å²) in [4.78, 5) is 2.46. The van der Waals surface area contributed by atoms with Crippen LogP contribution in [0.3, 0.4) is 0 Å². The van der Waals surface area contributed by atoms with Crippen LogP contribution in [0.15, 0.2) is 47.0 Å². The van der Waals surface area contributed by atoms with E-state index in [-0.39, 0.29) is 18.0 Å². The van der Waals surface area contributed by atoms with E-state index >= 15 is 0 Å². The van der Waals surface area contributed by atoms with Crippen LogP contribution in [0, 0.1) is 5.82 Å². The zero-order valence-corrected chi connectivity index (χ0v) is 18.6. The van der Waals surface area contributed by atoms with Gasteiger partial charge in [0, 0.05) is 29.8 Å². The molecular weight excluding hydrogens is 461 g/mol. The maximum absolute atomic E-state index is 14.7. The number of alkyl halides is 2. The number of ether oxygens (including phenoxy) is 1. The Morgan fingerprint density at radius 2 is 1.86 bits per heavy atom. The van der Waals surface area contributed by atoms with Crippen molar-refractivity contribution in [2.45, 2.75) is 32.0 Å². The lowest BCUT2D eigenvalue weighted by atomic mass is 9.95. The molecule has 0 atom stereocenters. The molecule has 35 heavy (non-hydrogen) atoms. The summed E-state index contributed by atoms with van der Waals surface area (Å²) in [5.41, 5.74) is 4.89. The number of nitrogens with zero attached hydrogens (tertiary/aromatic N) is 6. The first-order valence-electron chi connectivity index (χ1n) is 11.3. The predicted octanol–water partition coefficient (Wildman–Crippen LogP) is 3.88. The van der Waals surface area contributed by atoms with Gasteiger partial charge in [-0.2, -0.15) is 8.78 Å². The van der Waals surface area contributed by atoms with Gasteiger partial charge in [-0.05, 0) is 35.7 Å². The van der Waals surface area contributed by atoms with Crippen molar-refractivity contribution in [3.63, 3.8) is 0 Å². The quantitative estimate of drug-likeness (QED) is 0.413. The van der Waals surface area contributed by atoms with Crippen molar-refractivity contribution >= 4 is 0 Å². The van der Waals surface area contributed by atoms with Gasteiger partial charge in [-0.1, -0.05) is 23.4 Å². The van der Waals surface area contributed by atoms with Crippen molar-refractivity contribution in [3.8, 4) is 22.7 Å². The average molecular weight is 482 g/mol. The number of benzene rings is 2. The molecule has 180 valence electrons. The topological polar surface area (TPSA) is 82.1 Å². The van der Waals surface area contributed by atoms with Crippen LogP contribution in [-0.4, -0.2) is 55.9 Å². The molecule has 4 heterocycles. The Bertz CT molecular complexity index is 1370. The largest absolute Gasteiger partial charge is 0.415 e. The minimum absolute atomic E-state index is 0.158. The van der Waals surface area contributed by atoms with Crippen molar-refractivity contribution in [2.75, 3.05) is 19.8 Å². The third-order valence-electron chi connectivity index (χ3n) is 6.48. The highest BCUT2D eigenvalue weighted by Crippen LogP contribution is 2.28. The Hall–Kier alpha value is -3.57. The highest BCUT2D eigenvalue weighted by molar-refractivity contribution is 5.60. The van der Waals surface area contributed by atoms with Crippen LogP contribution < -0.4 is 0 Å². The van der Waals surface area contributed by atoms with Crippen LogP contribution in [-0.2, 0) is 24.2 Å². The van der Waals surface area contributed by atoms with Crippen molar-refractivity contribution in [1.82, 2.24) is 30.1 Å². The van der Waals surface area contributed by atoms with Crippen LogP contribution in [0.4, 0.5) is 13.2 Å². The molecule has 2 aliphatic rings. The van der Waals surface area contributed by atoms with Gasteiger partial charge in [0.15, 0.2) is 0 Å². The number of halogens is 3. The Kier molecular flexibility index (Phi) is 5.57. The van der Waals surface area contributed by atoms with Gasteiger partial charge in [0.05, 0.1) is 32.0 Å². The summed E-state index contributed by atoms with van der Waals surface area (Å²) in [6.45, 7) is 3.69. The highest BCUT2D eigenvalue weighted by Gasteiger charge is 2.29. The van der Waals surface area contributed by atoms with Gasteiger partial charge in [-0.25, -0.2) is 9.07 Å². The maximum Gasteiger partial charge on any atom is 0.314 e. The minimum atomic E-state index is -2.88. The van der Waals surface area contributed by atoms with Gasteiger partial charge in [0.2, 0.25) is 5.89 Å². The number of rotatable bonds is 6. The molecule has 0 aliphatic carbocycles. The highest BCUT2D eigenvalue weighted by atomic mass is 19.3. The van der Waals surface area contributed by atoms with Crippen molar-refractivity contribution < 1.29 is 22.3 Å². The summed E-state index contributed by atoms with van der Waals surface area (Å²) in [6.07, 6.45) is -0.0861. The fourth-order valence-corrected chi connectivity index (χ4v) is 4.41. The molecule has 0 bridgehead atoms. The van der Waals surface area contributed by atoms with E-state index in [1.54, 1.807) is 16.9 Å². The zero-order chi connectivity index (χ0) is 23.9. The third kappa shape index (κ3) is 4.32. The molecule has 0 spiro atoms. The Labute approximate surface area is 198 Å². The van der Waals surface area contributed by atoms with Crippen molar-refractivity contribution in [2.24, 2.45) is 0 Å². The minimum Gasteiger partial charge on any atom is -0.415 e. The summed E-state index contributed by atoms with van der Waals surface area (Å²) in [7, 11) is 0. The lowest BCUT2D eigenvalue weighted by Crippen LogP contribution is -2.50. The number of aromatic nitrogens is 5. The van der Waals surface area contributed by atoms with E-state index in [0.29, 0.717) is 17.3 Å². The van der Waals surface area contributed by atoms with Gasteiger partial charge in [-0.15, -0.1) is 15.3 Å². The predicted molar refractivity (Wildman–Crippen MR) is 118 cm³/mol. The number of fused-ring (bicyclic) bond motifs is 1. The smallest absolute Gasteiger partial charge is 0.314 e. The van der Waals surface area contributed by atoms with E-state index in [0.717, 1.165) is 38.3 Å². The second-order valence-electron chi connectivity index (χ2n) is 8.75. The van der Waals surface area contributed by atoms with Crippen LogP contribution in [0.5, 0.6) is 0 Å². The second-order valence-corrected chi connectivity index (χ2v) is 8.75. The molecule has 2 aromatic heterocycles. The van der Waals surface area contributed by atoms with Crippen molar-refractivity contribution in [1.29, 1.82) is 0 Å². The summed E-state index contributed by atoms with van der Waals surface area (Å²) >= 11 is 0. The Morgan fingerprint density at radius 1 is 1.00 bits per heavy atom. The summed E-state index contributed by atoms with van der Waals surface area (Å²) in [6, 6.07) is 11.1. The second kappa shape index (κ2) is 8.90. The van der Waals surface area contributed by atoms with E-state index in [2.05, 4.69) is 37.5 Å². The standard InChI is InChI=1S/C24H21F3N6O2/c25-20-8-16(23-29-30-24(35-23)22(26)27)3-4-17(20)10-33-11-21(28-31-33)15-2-1-14-5-6-32(9-18(14)7-15)19-12-34-13-19/h1-4,7-8,11,19,22H,5-6,9-10,12-13H2. The first kappa shape index (κ1) is 21.9. The SMILES string of the molecule is Fc1cc(-c2nnc(C(F)F)o2)ccc1Cn1cc(-c2ccc3c(c2)CN(C2COC2)CC3)nn1. The van der Waals surface area contributed by atoms with Gasteiger partial charge < -0.3 is 9.15 Å². The van der Waals surface area contributed by atoms with Gasteiger partial charge >= 0.3 is 6.43 Å². The molecule has 1 saturated heterocycles. The zero-order valence-electron chi connectivity index (χ0n) is 18.6.